The number of aromatic nitrogens is 1. The van der Waals surface area contributed by atoms with E-state index < -0.39 is 0 Å². The molecule has 0 radical (unpaired) electrons. The third-order valence-electron chi connectivity index (χ3n) is 3.24. The van der Waals surface area contributed by atoms with Crippen LogP contribution in [0.25, 0.3) is 5.69 Å². The first-order valence-corrected chi connectivity index (χ1v) is 7.65. The number of anilines is 1. The number of hydrogen-bond donors (Lipinski definition) is 0. The molecule has 1 heterocycles. The van der Waals surface area contributed by atoms with Gasteiger partial charge in [0.15, 0.2) is 0 Å². The Morgan fingerprint density at radius 2 is 1.67 bits per heavy atom. The topological polar surface area (TPSA) is 25.2 Å². The SMILES string of the molecule is CCCC.CCN(C(C)=O)c1cccc(-n2cccc2)c1. The lowest BCUT2D eigenvalue weighted by Gasteiger charge is -2.19. The average molecular weight is 286 g/mol. The Balaban J connectivity index is 0.000000491. The number of rotatable bonds is 4. The number of carbonyl (C=O) groups excluding carboxylic acids is 1. The van der Waals surface area contributed by atoms with Crippen molar-refractivity contribution >= 4 is 11.6 Å². The third kappa shape index (κ3) is 5.10. The predicted molar refractivity (Wildman–Crippen MR) is 90.1 cm³/mol. The number of unbranched alkanes of at least 4 members (excludes halogenated alkanes) is 1. The van der Waals surface area contributed by atoms with Gasteiger partial charge in [-0.1, -0.05) is 32.8 Å². The Morgan fingerprint density at radius 3 is 2.14 bits per heavy atom. The summed E-state index contributed by atoms with van der Waals surface area (Å²) in [5, 5.41) is 0. The number of nitrogens with zero attached hydrogens (tertiary/aromatic N) is 2. The molecule has 0 fully saturated rings. The highest BCUT2D eigenvalue weighted by atomic mass is 16.2. The van der Waals surface area contributed by atoms with Crippen LogP contribution in [0.2, 0.25) is 0 Å². The Labute approximate surface area is 128 Å². The van der Waals surface area contributed by atoms with Gasteiger partial charge in [0.25, 0.3) is 0 Å². The molecule has 114 valence electrons. The standard InChI is InChI=1S/C14H16N2O.C4H10/c1-3-16(12(2)17)14-8-6-7-13(11-14)15-9-4-5-10-15;1-3-4-2/h4-11H,3H2,1-2H3;3-4H2,1-2H3. The lowest BCUT2D eigenvalue weighted by Crippen LogP contribution is -2.27. The second kappa shape index (κ2) is 9.01. The third-order valence-corrected chi connectivity index (χ3v) is 3.24. The summed E-state index contributed by atoms with van der Waals surface area (Å²) in [5.74, 6) is 0.0668. The van der Waals surface area contributed by atoms with Crippen LogP contribution in [-0.4, -0.2) is 17.0 Å². The van der Waals surface area contributed by atoms with Crippen LogP contribution in [0.1, 0.15) is 40.5 Å². The molecule has 0 N–H and O–H groups in total. The van der Waals surface area contributed by atoms with E-state index in [1.54, 1.807) is 11.8 Å². The molecular formula is C18H26N2O. The molecule has 0 aliphatic rings. The van der Waals surface area contributed by atoms with Crippen LogP contribution in [0.5, 0.6) is 0 Å². The Morgan fingerprint density at radius 1 is 1.05 bits per heavy atom. The van der Waals surface area contributed by atoms with Gasteiger partial charge in [0.1, 0.15) is 0 Å². The highest BCUT2D eigenvalue weighted by molar-refractivity contribution is 5.91. The zero-order valence-corrected chi connectivity index (χ0v) is 13.5. The van der Waals surface area contributed by atoms with Crippen LogP contribution in [0.15, 0.2) is 48.8 Å². The smallest absolute Gasteiger partial charge is 0.223 e. The van der Waals surface area contributed by atoms with Gasteiger partial charge in [-0.3, -0.25) is 4.79 Å². The molecule has 0 atom stereocenters. The molecule has 2 aromatic rings. The van der Waals surface area contributed by atoms with Crippen LogP contribution < -0.4 is 4.90 Å². The van der Waals surface area contributed by atoms with Crippen LogP contribution in [0, 0.1) is 0 Å². The molecule has 0 bridgehead atoms. The van der Waals surface area contributed by atoms with E-state index in [1.807, 2.05) is 60.3 Å². The summed E-state index contributed by atoms with van der Waals surface area (Å²) in [4.78, 5) is 13.2. The Kier molecular flexibility index (Phi) is 7.30. The first-order valence-electron chi connectivity index (χ1n) is 7.65. The molecule has 0 unspecified atom stereocenters. The van der Waals surface area contributed by atoms with E-state index in [-0.39, 0.29) is 5.91 Å². The molecule has 0 aliphatic carbocycles. The number of benzene rings is 1. The fraction of sp³-hybridized carbons (Fsp3) is 0.389. The van der Waals surface area contributed by atoms with E-state index in [2.05, 4.69) is 13.8 Å². The van der Waals surface area contributed by atoms with E-state index >= 15 is 0 Å². The van der Waals surface area contributed by atoms with E-state index in [9.17, 15) is 4.79 Å². The van der Waals surface area contributed by atoms with Crippen LogP contribution in [0.3, 0.4) is 0 Å². The van der Waals surface area contributed by atoms with Gasteiger partial charge in [-0.25, -0.2) is 0 Å². The van der Waals surface area contributed by atoms with Gasteiger partial charge < -0.3 is 9.47 Å². The van der Waals surface area contributed by atoms with Crippen molar-refractivity contribution in [1.82, 2.24) is 4.57 Å². The molecule has 1 aromatic heterocycles. The van der Waals surface area contributed by atoms with Crippen molar-refractivity contribution in [1.29, 1.82) is 0 Å². The van der Waals surface area contributed by atoms with Crippen molar-refractivity contribution in [2.24, 2.45) is 0 Å². The average Bonchev–Trinajstić information content (AvgIpc) is 3.02. The van der Waals surface area contributed by atoms with Crippen molar-refractivity contribution in [2.75, 3.05) is 11.4 Å². The number of carbonyl (C=O) groups is 1. The van der Waals surface area contributed by atoms with Gasteiger partial charge in [-0.15, -0.1) is 0 Å². The first-order chi connectivity index (χ1) is 10.1. The summed E-state index contributed by atoms with van der Waals surface area (Å²) in [6, 6.07) is 11.9. The quantitative estimate of drug-likeness (QED) is 0.802. The largest absolute Gasteiger partial charge is 0.324 e. The maximum absolute atomic E-state index is 11.5. The minimum Gasteiger partial charge on any atom is -0.324 e. The minimum atomic E-state index is 0.0668. The lowest BCUT2D eigenvalue weighted by molar-refractivity contribution is -0.116. The van der Waals surface area contributed by atoms with Gasteiger partial charge in [0, 0.05) is 37.2 Å². The number of amides is 1. The van der Waals surface area contributed by atoms with Crippen molar-refractivity contribution in [3.05, 3.63) is 48.8 Å². The summed E-state index contributed by atoms with van der Waals surface area (Å²) in [6.45, 7) is 8.61. The summed E-state index contributed by atoms with van der Waals surface area (Å²) in [6.07, 6.45) is 6.62. The monoisotopic (exact) mass is 286 g/mol. The van der Waals surface area contributed by atoms with E-state index in [1.165, 1.54) is 12.8 Å². The maximum atomic E-state index is 11.5. The number of hydrogen-bond acceptors (Lipinski definition) is 1. The molecule has 1 amide bonds. The molecule has 1 aromatic carbocycles. The maximum Gasteiger partial charge on any atom is 0.223 e. The fourth-order valence-electron chi connectivity index (χ4n) is 1.92. The molecule has 0 saturated carbocycles. The van der Waals surface area contributed by atoms with Crippen LogP contribution in [-0.2, 0) is 4.79 Å². The summed E-state index contributed by atoms with van der Waals surface area (Å²) in [5.41, 5.74) is 2.00. The van der Waals surface area contributed by atoms with Gasteiger partial charge >= 0.3 is 0 Å². The van der Waals surface area contributed by atoms with Crippen molar-refractivity contribution in [2.45, 2.75) is 40.5 Å². The van der Waals surface area contributed by atoms with Gasteiger partial charge in [-0.2, -0.15) is 0 Å². The second-order valence-corrected chi connectivity index (χ2v) is 4.87. The van der Waals surface area contributed by atoms with Crippen molar-refractivity contribution in [3.8, 4) is 5.69 Å². The normalized spacial score (nSPS) is 9.71. The van der Waals surface area contributed by atoms with Gasteiger partial charge in [0.2, 0.25) is 5.91 Å². The highest BCUT2D eigenvalue weighted by Crippen LogP contribution is 2.19. The molecular weight excluding hydrogens is 260 g/mol. The molecule has 21 heavy (non-hydrogen) atoms. The predicted octanol–water partition coefficient (Wildman–Crippen LogP) is 4.66. The molecule has 2 rings (SSSR count). The molecule has 3 nitrogen and oxygen atoms in total. The van der Waals surface area contributed by atoms with Crippen molar-refractivity contribution in [3.63, 3.8) is 0 Å². The van der Waals surface area contributed by atoms with Crippen LogP contribution in [0.4, 0.5) is 5.69 Å². The zero-order valence-electron chi connectivity index (χ0n) is 13.5. The van der Waals surface area contributed by atoms with Crippen molar-refractivity contribution < 1.29 is 4.79 Å². The van der Waals surface area contributed by atoms with E-state index in [0.29, 0.717) is 6.54 Å². The summed E-state index contributed by atoms with van der Waals surface area (Å²) < 4.78 is 2.03. The van der Waals surface area contributed by atoms with E-state index in [0.717, 1.165) is 11.4 Å². The van der Waals surface area contributed by atoms with E-state index in [4.69, 9.17) is 0 Å². The fourth-order valence-corrected chi connectivity index (χ4v) is 1.92. The molecule has 0 aliphatic heterocycles. The first kappa shape index (κ1) is 17.0. The lowest BCUT2D eigenvalue weighted by atomic mass is 10.2. The zero-order chi connectivity index (χ0) is 15.7. The second-order valence-electron chi connectivity index (χ2n) is 4.87. The van der Waals surface area contributed by atoms with Crippen LogP contribution >= 0.6 is 0 Å². The van der Waals surface area contributed by atoms with Gasteiger partial charge in [-0.05, 0) is 37.3 Å². The molecule has 0 saturated heterocycles. The summed E-state index contributed by atoms with van der Waals surface area (Å²) in [7, 11) is 0. The van der Waals surface area contributed by atoms with Gasteiger partial charge in [0.05, 0.1) is 0 Å². The minimum absolute atomic E-state index is 0.0668. The highest BCUT2D eigenvalue weighted by Gasteiger charge is 2.09. The summed E-state index contributed by atoms with van der Waals surface area (Å²) >= 11 is 0. The molecule has 3 heteroatoms. The molecule has 0 spiro atoms. The Hall–Kier alpha value is -2.03. The Bertz CT molecular complexity index is 530.